The van der Waals surface area contributed by atoms with E-state index in [0.29, 0.717) is 36.7 Å². The predicted molar refractivity (Wildman–Crippen MR) is 105 cm³/mol. The summed E-state index contributed by atoms with van der Waals surface area (Å²) in [6, 6.07) is 11.2. The van der Waals surface area contributed by atoms with Gasteiger partial charge < -0.3 is 10.1 Å². The zero-order valence-electron chi connectivity index (χ0n) is 15.3. The molecule has 0 saturated carbocycles. The number of amides is 1. The van der Waals surface area contributed by atoms with Gasteiger partial charge in [0.25, 0.3) is 10.0 Å². The fourth-order valence-electron chi connectivity index (χ4n) is 3.24. The van der Waals surface area contributed by atoms with E-state index in [-0.39, 0.29) is 18.4 Å². The molecule has 2 aromatic rings. The van der Waals surface area contributed by atoms with Crippen molar-refractivity contribution in [1.29, 1.82) is 0 Å². The first-order chi connectivity index (χ1) is 13.0. The molecule has 6 nitrogen and oxygen atoms in total. The lowest BCUT2D eigenvalue weighted by molar-refractivity contribution is -0.126. The van der Waals surface area contributed by atoms with Crippen LogP contribution >= 0.6 is 11.3 Å². The topological polar surface area (TPSA) is 75.7 Å². The smallest absolute Gasteiger partial charge is 0.252 e. The third-order valence-electron chi connectivity index (χ3n) is 4.61. The quantitative estimate of drug-likeness (QED) is 0.764. The maximum Gasteiger partial charge on any atom is 0.252 e. The van der Waals surface area contributed by atoms with Crippen LogP contribution in [0.1, 0.15) is 24.0 Å². The Morgan fingerprint density at radius 1 is 1.30 bits per heavy atom. The molecular formula is C19H24N2O4S2. The van der Waals surface area contributed by atoms with E-state index in [1.165, 1.54) is 15.6 Å². The first-order valence-corrected chi connectivity index (χ1v) is 11.2. The van der Waals surface area contributed by atoms with Crippen LogP contribution in [-0.2, 0) is 32.7 Å². The molecule has 27 heavy (non-hydrogen) atoms. The highest BCUT2D eigenvalue weighted by atomic mass is 32.2. The van der Waals surface area contributed by atoms with Gasteiger partial charge >= 0.3 is 0 Å². The molecule has 0 spiro atoms. The molecule has 2 heterocycles. The number of benzene rings is 1. The normalized spacial score (nSPS) is 18.3. The standard InChI is InChI=1S/C19H24N2O4S2/c1-25-14-16-6-2-5-15(11-16)12-20-19(22)17-7-3-9-21(13-17)27(23,24)18-8-4-10-26-18/h2,4-6,8,10-11,17H,3,7,9,12-14H2,1H3,(H,20,22). The Labute approximate surface area is 164 Å². The third-order valence-corrected chi connectivity index (χ3v) is 7.85. The van der Waals surface area contributed by atoms with Crippen LogP contribution in [-0.4, -0.2) is 38.8 Å². The van der Waals surface area contributed by atoms with Crippen molar-refractivity contribution in [2.45, 2.75) is 30.2 Å². The molecule has 3 rings (SSSR count). The van der Waals surface area contributed by atoms with Crippen molar-refractivity contribution in [3.63, 3.8) is 0 Å². The van der Waals surface area contributed by atoms with E-state index in [1.54, 1.807) is 24.6 Å². The van der Waals surface area contributed by atoms with Gasteiger partial charge in [-0.1, -0.05) is 30.3 Å². The Morgan fingerprint density at radius 2 is 2.11 bits per heavy atom. The Morgan fingerprint density at radius 3 is 2.85 bits per heavy atom. The SMILES string of the molecule is COCc1cccc(CNC(=O)C2CCCN(S(=O)(=O)c3cccs3)C2)c1. The van der Waals surface area contributed by atoms with Crippen molar-refractivity contribution in [2.24, 2.45) is 5.92 Å². The van der Waals surface area contributed by atoms with E-state index in [4.69, 9.17) is 4.74 Å². The lowest BCUT2D eigenvalue weighted by atomic mass is 9.98. The van der Waals surface area contributed by atoms with Crippen molar-refractivity contribution >= 4 is 27.3 Å². The number of ether oxygens (including phenoxy) is 1. The molecule has 0 radical (unpaired) electrons. The summed E-state index contributed by atoms with van der Waals surface area (Å²) in [6.07, 6.45) is 1.39. The van der Waals surface area contributed by atoms with Gasteiger partial charge in [0.15, 0.2) is 0 Å². The Balaban J connectivity index is 1.59. The van der Waals surface area contributed by atoms with E-state index in [9.17, 15) is 13.2 Å². The number of carbonyl (C=O) groups is 1. The largest absolute Gasteiger partial charge is 0.380 e. The highest BCUT2D eigenvalue weighted by Gasteiger charge is 2.33. The second-order valence-electron chi connectivity index (χ2n) is 6.61. The number of hydrogen-bond donors (Lipinski definition) is 1. The number of hydrogen-bond acceptors (Lipinski definition) is 5. The monoisotopic (exact) mass is 408 g/mol. The number of nitrogens with zero attached hydrogens (tertiary/aromatic N) is 1. The molecule has 1 aromatic carbocycles. The summed E-state index contributed by atoms with van der Waals surface area (Å²) < 4.78 is 32.3. The van der Waals surface area contributed by atoms with Crippen LogP contribution < -0.4 is 5.32 Å². The van der Waals surface area contributed by atoms with Gasteiger partial charge in [0.2, 0.25) is 5.91 Å². The summed E-state index contributed by atoms with van der Waals surface area (Å²) in [5.41, 5.74) is 2.05. The first-order valence-electron chi connectivity index (χ1n) is 8.89. The van der Waals surface area contributed by atoms with Crippen LogP contribution in [0.4, 0.5) is 0 Å². The zero-order valence-corrected chi connectivity index (χ0v) is 16.9. The maximum absolute atomic E-state index is 12.7. The summed E-state index contributed by atoms with van der Waals surface area (Å²) in [4.78, 5) is 12.6. The van der Waals surface area contributed by atoms with Crippen molar-refractivity contribution in [2.75, 3.05) is 20.2 Å². The molecule has 1 amide bonds. The van der Waals surface area contributed by atoms with Crippen molar-refractivity contribution in [3.05, 3.63) is 52.9 Å². The lowest BCUT2D eigenvalue weighted by Crippen LogP contribution is -2.45. The van der Waals surface area contributed by atoms with Gasteiger partial charge in [0, 0.05) is 26.7 Å². The van der Waals surface area contributed by atoms with Gasteiger partial charge in [0.1, 0.15) is 4.21 Å². The molecule has 1 aliphatic rings. The number of nitrogens with one attached hydrogen (secondary N) is 1. The number of thiophene rings is 1. The number of sulfonamides is 1. The fraction of sp³-hybridized carbons (Fsp3) is 0.421. The molecule has 0 bridgehead atoms. The molecular weight excluding hydrogens is 384 g/mol. The van der Waals surface area contributed by atoms with Crippen LogP contribution in [0.3, 0.4) is 0 Å². The minimum absolute atomic E-state index is 0.0989. The summed E-state index contributed by atoms with van der Waals surface area (Å²) in [7, 11) is -1.86. The predicted octanol–water partition coefficient (Wildman–Crippen LogP) is 2.61. The number of carbonyl (C=O) groups excluding carboxylic acids is 1. The highest BCUT2D eigenvalue weighted by molar-refractivity contribution is 7.91. The molecule has 1 aromatic heterocycles. The molecule has 1 fully saturated rings. The minimum Gasteiger partial charge on any atom is -0.380 e. The summed E-state index contributed by atoms with van der Waals surface area (Å²) in [5.74, 6) is -0.422. The summed E-state index contributed by atoms with van der Waals surface area (Å²) >= 11 is 1.21. The van der Waals surface area contributed by atoms with Crippen LogP contribution in [0.25, 0.3) is 0 Å². The molecule has 1 unspecified atom stereocenters. The number of methoxy groups -OCH3 is 1. The zero-order chi connectivity index (χ0) is 19.3. The summed E-state index contributed by atoms with van der Waals surface area (Å²) in [5, 5.41) is 4.69. The number of piperidine rings is 1. The fourth-order valence-corrected chi connectivity index (χ4v) is 5.91. The van der Waals surface area contributed by atoms with E-state index in [2.05, 4.69) is 5.32 Å². The third kappa shape index (κ3) is 4.95. The Hall–Kier alpha value is -1.74. The van der Waals surface area contributed by atoms with Crippen molar-refractivity contribution in [1.82, 2.24) is 9.62 Å². The molecule has 1 N–H and O–H groups in total. The minimum atomic E-state index is -3.51. The van der Waals surface area contributed by atoms with Gasteiger partial charge in [-0.25, -0.2) is 8.42 Å². The second-order valence-corrected chi connectivity index (χ2v) is 9.72. The van der Waals surface area contributed by atoms with Gasteiger partial charge in [-0.15, -0.1) is 11.3 Å². The van der Waals surface area contributed by atoms with Gasteiger partial charge in [-0.05, 0) is 35.4 Å². The number of rotatable bonds is 7. The Kier molecular flexibility index (Phi) is 6.64. The van der Waals surface area contributed by atoms with Crippen LogP contribution in [0.15, 0.2) is 46.0 Å². The van der Waals surface area contributed by atoms with Crippen molar-refractivity contribution in [3.8, 4) is 0 Å². The first kappa shape index (κ1) is 20.0. The van der Waals surface area contributed by atoms with E-state index >= 15 is 0 Å². The van der Waals surface area contributed by atoms with Crippen LogP contribution in [0.2, 0.25) is 0 Å². The van der Waals surface area contributed by atoms with Crippen molar-refractivity contribution < 1.29 is 17.9 Å². The molecule has 146 valence electrons. The van der Waals surface area contributed by atoms with E-state index in [1.807, 2.05) is 24.3 Å². The van der Waals surface area contributed by atoms with E-state index < -0.39 is 10.0 Å². The average molecular weight is 409 g/mol. The van der Waals surface area contributed by atoms with E-state index in [0.717, 1.165) is 11.1 Å². The van der Waals surface area contributed by atoms with Crippen LogP contribution in [0, 0.1) is 5.92 Å². The Bertz CT molecular complexity index is 866. The lowest BCUT2D eigenvalue weighted by Gasteiger charge is -2.30. The van der Waals surface area contributed by atoms with Gasteiger partial charge in [0.05, 0.1) is 12.5 Å². The second kappa shape index (κ2) is 8.97. The molecule has 0 aliphatic carbocycles. The van der Waals surface area contributed by atoms with Gasteiger partial charge in [-0.3, -0.25) is 4.79 Å². The highest BCUT2D eigenvalue weighted by Crippen LogP contribution is 2.26. The molecule has 1 aliphatic heterocycles. The molecule has 1 atom stereocenters. The summed E-state index contributed by atoms with van der Waals surface area (Å²) in [6.45, 7) is 1.64. The average Bonchev–Trinajstić information content (AvgIpc) is 3.22. The molecule has 8 heteroatoms. The van der Waals surface area contributed by atoms with Gasteiger partial charge in [-0.2, -0.15) is 4.31 Å². The maximum atomic E-state index is 12.7. The van der Waals surface area contributed by atoms with Crippen LogP contribution in [0.5, 0.6) is 0 Å². The molecule has 1 saturated heterocycles.